The highest BCUT2D eigenvalue weighted by molar-refractivity contribution is 14.1. The minimum absolute atomic E-state index is 0.0663. The maximum absolute atomic E-state index is 12.4. The van der Waals surface area contributed by atoms with E-state index in [1.165, 1.54) is 0 Å². The lowest BCUT2D eigenvalue weighted by Gasteiger charge is -2.04. The Kier molecular flexibility index (Phi) is 4.14. The van der Waals surface area contributed by atoms with Gasteiger partial charge in [-0.25, -0.2) is 0 Å². The molecule has 3 rings (SSSR count). The molecule has 2 aromatic heterocycles. The fourth-order valence-corrected chi connectivity index (χ4v) is 2.57. The number of benzene rings is 1. The van der Waals surface area contributed by atoms with E-state index < -0.39 is 0 Å². The Hall–Kier alpha value is -2.29. The lowest BCUT2D eigenvalue weighted by atomic mass is 10.1. The fraction of sp³-hybridized carbons (Fsp3) is 0.0667. The Morgan fingerprint density at radius 3 is 2.68 bits per heavy atom. The van der Waals surface area contributed by atoms with Gasteiger partial charge in [0.15, 0.2) is 0 Å². The first-order valence-corrected chi connectivity index (χ1v) is 7.63. The maximum Gasteiger partial charge on any atom is 0.254 e. The highest BCUT2D eigenvalue weighted by atomic mass is 127. The molecule has 0 atom stereocenters. The van der Waals surface area contributed by atoms with Gasteiger partial charge in [-0.15, -0.1) is 5.10 Å². The van der Waals surface area contributed by atoms with Crippen molar-refractivity contribution < 1.29 is 4.79 Å². The van der Waals surface area contributed by atoms with Crippen LogP contribution in [0.5, 0.6) is 0 Å². The summed E-state index contributed by atoms with van der Waals surface area (Å²) in [6, 6.07) is 13.1. The number of hydrogen-bond acceptors (Lipinski definition) is 5. The van der Waals surface area contributed by atoms with Gasteiger partial charge in [0.1, 0.15) is 5.69 Å². The normalized spacial score (nSPS) is 10.6. The van der Waals surface area contributed by atoms with Crippen LogP contribution in [0.25, 0.3) is 11.5 Å². The number of hydrogen-bond donors (Lipinski definition) is 1. The molecule has 0 amide bonds. The summed E-state index contributed by atoms with van der Waals surface area (Å²) in [6.45, 7) is 0. The van der Waals surface area contributed by atoms with Crippen molar-refractivity contribution in [1.29, 1.82) is 0 Å². The Bertz CT molecular complexity index is 816. The summed E-state index contributed by atoms with van der Waals surface area (Å²) in [6.07, 6.45) is 1.86. The van der Waals surface area contributed by atoms with Crippen molar-refractivity contribution in [2.75, 3.05) is 5.73 Å². The lowest BCUT2D eigenvalue weighted by Crippen LogP contribution is -2.18. The van der Waals surface area contributed by atoms with E-state index in [2.05, 4.69) is 37.7 Å². The second kappa shape index (κ2) is 6.22. The molecule has 2 N–H and O–H groups in total. The van der Waals surface area contributed by atoms with E-state index in [9.17, 15) is 4.79 Å². The molecule has 0 bridgehead atoms. The average molecular weight is 405 g/mol. The first kappa shape index (κ1) is 14.6. The molecule has 0 aliphatic rings. The van der Waals surface area contributed by atoms with Crippen LogP contribution in [0.3, 0.4) is 0 Å². The lowest BCUT2D eigenvalue weighted by molar-refractivity contribution is 0.0901. The van der Waals surface area contributed by atoms with Gasteiger partial charge >= 0.3 is 0 Å². The van der Waals surface area contributed by atoms with Crippen molar-refractivity contribution in [1.82, 2.24) is 19.7 Å². The summed E-state index contributed by atoms with van der Waals surface area (Å²) in [7, 11) is 0. The van der Waals surface area contributed by atoms with Gasteiger partial charge in [-0.05, 0) is 46.4 Å². The van der Waals surface area contributed by atoms with E-state index in [1.807, 2.05) is 30.3 Å². The summed E-state index contributed by atoms with van der Waals surface area (Å²) in [5, 5.41) is 4.17. The number of rotatable bonds is 3. The van der Waals surface area contributed by atoms with E-state index in [0.717, 1.165) is 13.8 Å². The van der Waals surface area contributed by atoms with Crippen LogP contribution in [0.2, 0.25) is 0 Å². The smallest absolute Gasteiger partial charge is 0.254 e. The molecule has 3 aromatic rings. The number of anilines is 1. The Balaban J connectivity index is 1.88. The molecule has 1 aromatic carbocycles. The molecule has 0 fully saturated rings. The average Bonchev–Trinajstić information content (AvgIpc) is 2.92. The fourth-order valence-electron chi connectivity index (χ4n) is 1.99. The van der Waals surface area contributed by atoms with Crippen LogP contribution in [-0.2, 0) is 6.42 Å². The third kappa shape index (κ3) is 2.98. The molecule has 7 heteroatoms. The molecule has 110 valence electrons. The van der Waals surface area contributed by atoms with Crippen LogP contribution >= 0.6 is 22.6 Å². The van der Waals surface area contributed by atoms with Gasteiger partial charge < -0.3 is 5.73 Å². The standard InChI is InChI=1S/C15H12IN5O/c16-11-6-2-1-5-10(11)9-13(22)21-15(17)19-14(20-21)12-7-3-4-8-18-12/h1-8H,9H2,(H2,17,19,20). The van der Waals surface area contributed by atoms with E-state index in [1.54, 1.807) is 18.3 Å². The van der Waals surface area contributed by atoms with Crippen molar-refractivity contribution in [3.63, 3.8) is 0 Å². The number of pyridine rings is 1. The number of nitrogen functional groups attached to an aromatic ring is 1. The van der Waals surface area contributed by atoms with E-state index >= 15 is 0 Å². The van der Waals surface area contributed by atoms with Crippen LogP contribution in [0.4, 0.5) is 5.95 Å². The predicted octanol–water partition coefficient (Wildman–Crippen LogP) is 2.41. The minimum Gasteiger partial charge on any atom is -0.368 e. The molecular weight excluding hydrogens is 393 g/mol. The second-order valence-corrected chi connectivity index (χ2v) is 5.74. The zero-order valence-corrected chi connectivity index (χ0v) is 13.6. The van der Waals surface area contributed by atoms with Crippen LogP contribution in [0, 0.1) is 3.57 Å². The highest BCUT2D eigenvalue weighted by Gasteiger charge is 2.16. The van der Waals surface area contributed by atoms with Gasteiger partial charge in [0.25, 0.3) is 5.91 Å². The van der Waals surface area contributed by atoms with Crippen molar-refractivity contribution in [2.24, 2.45) is 0 Å². The summed E-state index contributed by atoms with van der Waals surface area (Å²) in [4.78, 5) is 20.7. The van der Waals surface area contributed by atoms with E-state index in [0.29, 0.717) is 11.5 Å². The third-order valence-electron chi connectivity index (χ3n) is 3.06. The predicted molar refractivity (Wildman–Crippen MR) is 91.2 cm³/mol. The summed E-state index contributed by atoms with van der Waals surface area (Å²) >= 11 is 2.20. The number of aromatic nitrogens is 4. The van der Waals surface area contributed by atoms with Crippen molar-refractivity contribution >= 4 is 34.4 Å². The third-order valence-corrected chi connectivity index (χ3v) is 4.11. The zero-order chi connectivity index (χ0) is 15.5. The molecular formula is C15H12IN5O. The Morgan fingerprint density at radius 2 is 1.95 bits per heavy atom. The van der Waals surface area contributed by atoms with Gasteiger partial charge in [0, 0.05) is 9.77 Å². The second-order valence-electron chi connectivity index (χ2n) is 4.58. The molecule has 6 nitrogen and oxygen atoms in total. The van der Waals surface area contributed by atoms with Crippen LogP contribution in [-0.4, -0.2) is 25.7 Å². The van der Waals surface area contributed by atoms with Gasteiger partial charge in [-0.3, -0.25) is 9.78 Å². The summed E-state index contributed by atoms with van der Waals surface area (Å²) < 4.78 is 2.16. The van der Waals surface area contributed by atoms with Crippen molar-refractivity contribution in [2.45, 2.75) is 6.42 Å². The molecule has 0 unspecified atom stereocenters. The number of halogens is 1. The minimum atomic E-state index is -0.226. The Labute approximate surface area is 140 Å². The molecule has 22 heavy (non-hydrogen) atoms. The quantitative estimate of drug-likeness (QED) is 0.677. The molecule has 0 spiro atoms. The largest absolute Gasteiger partial charge is 0.368 e. The van der Waals surface area contributed by atoms with Gasteiger partial charge in [0.05, 0.1) is 6.42 Å². The van der Waals surface area contributed by atoms with Gasteiger partial charge in [-0.2, -0.15) is 9.67 Å². The molecule has 0 aliphatic heterocycles. The molecule has 2 heterocycles. The number of nitrogens with two attached hydrogens (primary N) is 1. The van der Waals surface area contributed by atoms with Crippen molar-refractivity contribution in [3.05, 3.63) is 57.8 Å². The molecule has 0 saturated heterocycles. The van der Waals surface area contributed by atoms with Crippen LogP contribution < -0.4 is 5.73 Å². The maximum atomic E-state index is 12.4. The van der Waals surface area contributed by atoms with Crippen LogP contribution in [0.15, 0.2) is 48.7 Å². The number of carbonyl (C=O) groups excluding carboxylic acids is 1. The number of carbonyl (C=O) groups is 1. The van der Waals surface area contributed by atoms with E-state index in [-0.39, 0.29) is 18.3 Å². The topological polar surface area (TPSA) is 86.7 Å². The van der Waals surface area contributed by atoms with Gasteiger partial charge in [0.2, 0.25) is 11.8 Å². The van der Waals surface area contributed by atoms with Gasteiger partial charge in [-0.1, -0.05) is 24.3 Å². The summed E-state index contributed by atoms with van der Waals surface area (Å²) in [5.74, 6) is 0.182. The SMILES string of the molecule is Nc1nc(-c2ccccn2)nn1C(=O)Cc1ccccc1I. The zero-order valence-electron chi connectivity index (χ0n) is 11.5. The molecule has 0 radical (unpaired) electrons. The first-order valence-electron chi connectivity index (χ1n) is 6.55. The van der Waals surface area contributed by atoms with Crippen LogP contribution in [0.1, 0.15) is 10.4 Å². The number of nitrogens with zero attached hydrogens (tertiary/aromatic N) is 4. The first-order chi connectivity index (χ1) is 10.6. The van der Waals surface area contributed by atoms with Crippen molar-refractivity contribution in [3.8, 4) is 11.5 Å². The summed E-state index contributed by atoms with van der Waals surface area (Å²) in [5.41, 5.74) is 7.32. The monoisotopic (exact) mass is 405 g/mol. The Morgan fingerprint density at radius 1 is 1.18 bits per heavy atom. The van der Waals surface area contributed by atoms with E-state index in [4.69, 9.17) is 5.73 Å². The molecule has 0 aliphatic carbocycles. The highest BCUT2D eigenvalue weighted by Crippen LogP contribution is 2.16. The molecule has 0 saturated carbocycles.